The van der Waals surface area contributed by atoms with Gasteiger partial charge in [0.15, 0.2) is 0 Å². The Labute approximate surface area is 139 Å². The summed E-state index contributed by atoms with van der Waals surface area (Å²) < 4.78 is 0.638. The molecule has 3 heterocycles. The molecule has 0 aliphatic rings. The molecule has 116 valence electrons. The first kappa shape index (κ1) is 15.4. The van der Waals surface area contributed by atoms with E-state index in [1.165, 1.54) is 36.5 Å². The minimum Gasteiger partial charge on any atom is -0.286 e. The van der Waals surface area contributed by atoms with Gasteiger partial charge in [0.1, 0.15) is 5.69 Å². The second-order valence-electron chi connectivity index (χ2n) is 4.69. The third kappa shape index (κ3) is 2.78. The molecule has 23 heavy (non-hydrogen) atoms. The van der Waals surface area contributed by atoms with Crippen molar-refractivity contribution in [3.63, 3.8) is 0 Å². The first-order valence-corrected chi connectivity index (χ1v) is 8.39. The zero-order valence-electron chi connectivity index (χ0n) is 12.3. The van der Waals surface area contributed by atoms with Crippen LogP contribution < -0.4 is 4.90 Å². The van der Waals surface area contributed by atoms with Crippen molar-refractivity contribution in [2.24, 2.45) is 0 Å². The van der Waals surface area contributed by atoms with Crippen molar-refractivity contribution in [2.45, 2.75) is 13.8 Å². The highest BCUT2D eigenvalue weighted by Gasteiger charge is 2.24. The van der Waals surface area contributed by atoms with Crippen LogP contribution in [0.3, 0.4) is 0 Å². The van der Waals surface area contributed by atoms with Gasteiger partial charge in [0.05, 0.1) is 15.1 Å². The summed E-state index contributed by atoms with van der Waals surface area (Å²) in [6, 6.07) is 5.22. The topological polar surface area (TPSA) is 80.2 Å². The SMILES string of the molecule is CC(=O)N(C(C)=O)c1nc(C(=O)c2cccs2)c2sccc2n1. The van der Waals surface area contributed by atoms with Gasteiger partial charge in [0.2, 0.25) is 23.5 Å². The Hall–Kier alpha value is -2.45. The van der Waals surface area contributed by atoms with Gasteiger partial charge >= 0.3 is 0 Å². The second-order valence-corrected chi connectivity index (χ2v) is 6.55. The van der Waals surface area contributed by atoms with Gasteiger partial charge in [-0.05, 0) is 22.9 Å². The molecule has 0 saturated carbocycles. The van der Waals surface area contributed by atoms with E-state index in [1.54, 1.807) is 29.0 Å². The van der Waals surface area contributed by atoms with Crippen LogP contribution in [0.15, 0.2) is 29.0 Å². The van der Waals surface area contributed by atoms with E-state index in [1.807, 2.05) is 0 Å². The lowest BCUT2D eigenvalue weighted by Gasteiger charge is -2.15. The molecule has 0 spiro atoms. The molecule has 0 unspecified atom stereocenters. The summed E-state index contributed by atoms with van der Waals surface area (Å²) in [6.45, 7) is 2.51. The zero-order valence-corrected chi connectivity index (χ0v) is 13.9. The van der Waals surface area contributed by atoms with E-state index in [4.69, 9.17) is 0 Å². The lowest BCUT2D eigenvalue weighted by molar-refractivity contribution is -0.124. The minimum absolute atomic E-state index is 0.0733. The van der Waals surface area contributed by atoms with Crippen molar-refractivity contribution >= 4 is 56.4 Å². The maximum Gasteiger partial charge on any atom is 0.240 e. The van der Waals surface area contributed by atoms with Crippen LogP contribution in [-0.4, -0.2) is 27.6 Å². The van der Waals surface area contributed by atoms with Crippen molar-refractivity contribution < 1.29 is 14.4 Å². The van der Waals surface area contributed by atoms with Crippen molar-refractivity contribution in [1.82, 2.24) is 9.97 Å². The smallest absolute Gasteiger partial charge is 0.240 e. The number of hydrogen-bond acceptors (Lipinski definition) is 7. The molecule has 8 heteroatoms. The Morgan fingerprint density at radius 1 is 1.00 bits per heavy atom. The Morgan fingerprint density at radius 3 is 2.35 bits per heavy atom. The number of nitrogens with zero attached hydrogens (tertiary/aromatic N) is 3. The highest BCUT2D eigenvalue weighted by molar-refractivity contribution is 7.17. The van der Waals surface area contributed by atoms with E-state index in [0.717, 1.165) is 4.90 Å². The van der Waals surface area contributed by atoms with Crippen LogP contribution in [0.5, 0.6) is 0 Å². The monoisotopic (exact) mass is 345 g/mol. The van der Waals surface area contributed by atoms with E-state index < -0.39 is 11.8 Å². The quantitative estimate of drug-likeness (QED) is 0.682. The molecule has 3 aromatic heterocycles. The van der Waals surface area contributed by atoms with Gasteiger partial charge in [-0.2, -0.15) is 0 Å². The molecule has 0 radical (unpaired) electrons. The van der Waals surface area contributed by atoms with Crippen LogP contribution in [-0.2, 0) is 9.59 Å². The van der Waals surface area contributed by atoms with Crippen LogP contribution in [0.1, 0.15) is 29.2 Å². The fourth-order valence-electron chi connectivity index (χ4n) is 2.13. The summed E-state index contributed by atoms with van der Waals surface area (Å²) >= 11 is 2.66. The minimum atomic E-state index is -0.499. The van der Waals surface area contributed by atoms with Gasteiger partial charge in [-0.1, -0.05) is 6.07 Å². The molecule has 0 aromatic carbocycles. The van der Waals surface area contributed by atoms with Crippen molar-refractivity contribution in [3.8, 4) is 0 Å². The van der Waals surface area contributed by atoms with E-state index in [9.17, 15) is 14.4 Å². The molecule has 3 aromatic rings. The summed E-state index contributed by atoms with van der Waals surface area (Å²) in [6.07, 6.45) is 0. The van der Waals surface area contributed by atoms with Gasteiger partial charge in [-0.15, -0.1) is 22.7 Å². The van der Waals surface area contributed by atoms with Gasteiger partial charge < -0.3 is 0 Å². The van der Waals surface area contributed by atoms with Crippen LogP contribution in [0.2, 0.25) is 0 Å². The number of aromatic nitrogens is 2. The normalized spacial score (nSPS) is 10.7. The van der Waals surface area contributed by atoms with E-state index >= 15 is 0 Å². The summed E-state index contributed by atoms with van der Waals surface area (Å²) in [5, 5.41) is 3.60. The van der Waals surface area contributed by atoms with Gasteiger partial charge in [-0.3, -0.25) is 14.4 Å². The average molecular weight is 345 g/mol. The number of anilines is 1. The number of thiophene rings is 2. The van der Waals surface area contributed by atoms with Gasteiger partial charge in [0, 0.05) is 13.8 Å². The highest BCUT2D eigenvalue weighted by Crippen LogP contribution is 2.27. The van der Waals surface area contributed by atoms with Crippen LogP contribution in [0.4, 0.5) is 5.95 Å². The number of fused-ring (bicyclic) bond motifs is 1. The molecular weight excluding hydrogens is 334 g/mol. The standard InChI is InChI=1S/C15H11N3O3S2/c1-8(19)18(9(2)20)15-16-10-5-7-23-14(10)12(17-15)13(21)11-4-3-6-22-11/h3-7H,1-2H3. The molecule has 0 atom stereocenters. The first-order chi connectivity index (χ1) is 11.0. The number of ketones is 1. The zero-order chi connectivity index (χ0) is 16.6. The van der Waals surface area contributed by atoms with Crippen molar-refractivity contribution in [2.75, 3.05) is 4.90 Å². The molecule has 6 nitrogen and oxygen atoms in total. The lowest BCUT2D eigenvalue weighted by atomic mass is 10.2. The number of hydrogen-bond donors (Lipinski definition) is 0. The Balaban J connectivity index is 2.21. The Morgan fingerprint density at radius 2 is 1.74 bits per heavy atom. The number of amides is 2. The molecule has 0 aliphatic heterocycles. The van der Waals surface area contributed by atoms with Gasteiger partial charge in [-0.25, -0.2) is 14.9 Å². The Kier molecular flexibility index (Phi) is 4.01. The predicted molar refractivity (Wildman–Crippen MR) is 89.0 cm³/mol. The highest BCUT2D eigenvalue weighted by atomic mass is 32.1. The van der Waals surface area contributed by atoms with Crippen molar-refractivity contribution in [3.05, 3.63) is 39.5 Å². The van der Waals surface area contributed by atoms with Crippen LogP contribution in [0.25, 0.3) is 10.2 Å². The molecule has 0 bridgehead atoms. The number of carbonyl (C=O) groups is 3. The molecular formula is C15H11N3O3S2. The predicted octanol–water partition coefficient (Wildman–Crippen LogP) is 2.88. The maximum atomic E-state index is 12.7. The summed E-state index contributed by atoms with van der Waals surface area (Å²) in [5.41, 5.74) is 0.738. The fourth-order valence-corrected chi connectivity index (χ4v) is 3.61. The average Bonchev–Trinajstić information content (AvgIpc) is 3.16. The van der Waals surface area contributed by atoms with E-state index in [2.05, 4.69) is 9.97 Å². The van der Waals surface area contributed by atoms with Crippen LogP contribution in [0, 0.1) is 0 Å². The van der Waals surface area contributed by atoms with Crippen molar-refractivity contribution in [1.29, 1.82) is 0 Å². The summed E-state index contributed by atoms with van der Waals surface area (Å²) in [5.74, 6) is -1.32. The molecule has 0 saturated heterocycles. The van der Waals surface area contributed by atoms with E-state index in [-0.39, 0.29) is 17.4 Å². The van der Waals surface area contributed by atoms with Gasteiger partial charge in [0.25, 0.3) is 0 Å². The largest absolute Gasteiger partial charge is 0.286 e. The molecule has 3 rings (SSSR count). The van der Waals surface area contributed by atoms with Crippen LogP contribution >= 0.6 is 22.7 Å². The first-order valence-electron chi connectivity index (χ1n) is 6.63. The third-order valence-corrected chi connectivity index (χ3v) is 4.86. The fraction of sp³-hybridized carbons (Fsp3) is 0.133. The molecule has 0 N–H and O–H groups in total. The number of rotatable bonds is 3. The Bertz CT molecular complexity index is 901. The number of imide groups is 1. The third-order valence-electron chi connectivity index (χ3n) is 3.08. The second kappa shape index (κ2) is 5.98. The molecule has 2 amide bonds. The molecule has 0 fully saturated rings. The maximum absolute atomic E-state index is 12.7. The summed E-state index contributed by atoms with van der Waals surface area (Å²) in [7, 11) is 0. The summed E-state index contributed by atoms with van der Waals surface area (Å²) in [4.78, 5) is 46.0. The number of carbonyl (C=O) groups excluding carboxylic acids is 3. The van der Waals surface area contributed by atoms with E-state index in [0.29, 0.717) is 15.1 Å². The molecule has 0 aliphatic carbocycles. The lowest BCUT2D eigenvalue weighted by Crippen LogP contribution is -2.35.